The summed E-state index contributed by atoms with van der Waals surface area (Å²) in [5.41, 5.74) is 0.230. The second-order valence-corrected chi connectivity index (χ2v) is 2.41. The average Bonchev–Trinajstić information content (AvgIpc) is 2.19. The van der Waals surface area contributed by atoms with Crippen molar-refractivity contribution in [3.05, 3.63) is 42.6 Å². The van der Waals surface area contributed by atoms with E-state index in [2.05, 4.69) is 11.6 Å². The zero-order valence-corrected chi connectivity index (χ0v) is 7.90. The zero-order valence-electron chi connectivity index (χ0n) is 7.90. The van der Waals surface area contributed by atoms with Gasteiger partial charge in [-0.3, -0.25) is 0 Å². The van der Waals surface area contributed by atoms with E-state index in [4.69, 9.17) is 9.47 Å². The predicted molar refractivity (Wildman–Crippen MR) is 50.4 cm³/mol. The van der Waals surface area contributed by atoms with Gasteiger partial charge >= 0.3 is 5.97 Å². The fraction of sp³-hybridized carbons (Fsp3) is 0.200. The molecule has 0 saturated heterocycles. The molecule has 1 rings (SSSR count). The highest BCUT2D eigenvalue weighted by Gasteiger charge is 2.09. The Hall–Kier alpha value is -1.84. The molecule has 1 aromatic rings. The molecule has 14 heavy (non-hydrogen) atoms. The molecule has 0 saturated carbocycles. The molecule has 4 nitrogen and oxygen atoms in total. The van der Waals surface area contributed by atoms with Crippen molar-refractivity contribution in [3.63, 3.8) is 0 Å². The number of rotatable bonds is 4. The van der Waals surface area contributed by atoms with E-state index in [0.717, 1.165) is 0 Å². The number of hydrogen-bond donors (Lipinski definition) is 0. The minimum atomic E-state index is -0.566. The Morgan fingerprint density at radius 3 is 2.93 bits per heavy atom. The van der Waals surface area contributed by atoms with Crippen molar-refractivity contribution in [1.82, 2.24) is 4.98 Å². The summed E-state index contributed by atoms with van der Waals surface area (Å²) in [7, 11) is 0. The highest BCUT2D eigenvalue weighted by molar-refractivity contribution is 5.87. The quantitative estimate of drug-likeness (QED) is 0.540. The Morgan fingerprint density at radius 2 is 2.36 bits per heavy atom. The summed E-state index contributed by atoms with van der Waals surface area (Å²) in [6.45, 7) is 5.61. The summed E-state index contributed by atoms with van der Waals surface area (Å²) >= 11 is 0. The van der Waals surface area contributed by atoms with Crippen molar-refractivity contribution in [1.29, 1.82) is 0 Å². The Labute approximate surface area is 82.2 Å². The van der Waals surface area contributed by atoms with E-state index >= 15 is 0 Å². The molecule has 0 unspecified atom stereocenters. The molecule has 0 aromatic carbocycles. The van der Waals surface area contributed by atoms with Gasteiger partial charge in [-0.25, -0.2) is 9.78 Å². The SMILES string of the molecule is C=C(OCC)OC(=O)c1ccccn1. The lowest BCUT2D eigenvalue weighted by atomic mass is 10.4. The van der Waals surface area contributed by atoms with Gasteiger partial charge in [0.2, 0.25) is 0 Å². The first-order valence-corrected chi connectivity index (χ1v) is 4.19. The standard InChI is InChI=1S/C10H11NO3/c1-3-13-8(2)14-10(12)9-6-4-5-7-11-9/h4-7H,2-3H2,1H3. The van der Waals surface area contributed by atoms with Crippen LogP contribution >= 0.6 is 0 Å². The van der Waals surface area contributed by atoms with Gasteiger partial charge in [-0.05, 0) is 25.6 Å². The highest BCUT2D eigenvalue weighted by atomic mass is 16.7. The maximum atomic E-state index is 11.3. The Bertz CT molecular complexity index is 321. The molecular weight excluding hydrogens is 182 g/mol. The zero-order chi connectivity index (χ0) is 10.4. The molecule has 0 fully saturated rings. The summed E-state index contributed by atoms with van der Waals surface area (Å²) in [5.74, 6) is -0.577. The van der Waals surface area contributed by atoms with E-state index in [9.17, 15) is 4.79 Å². The Morgan fingerprint density at radius 1 is 1.57 bits per heavy atom. The smallest absolute Gasteiger partial charge is 0.364 e. The first kappa shape index (κ1) is 10.2. The molecule has 1 heterocycles. The van der Waals surface area contributed by atoms with E-state index in [0.29, 0.717) is 6.61 Å². The van der Waals surface area contributed by atoms with Crippen LogP contribution in [0.1, 0.15) is 17.4 Å². The van der Waals surface area contributed by atoms with Crippen molar-refractivity contribution >= 4 is 5.97 Å². The van der Waals surface area contributed by atoms with Gasteiger partial charge in [0.1, 0.15) is 5.69 Å². The monoisotopic (exact) mass is 193 g/mol. The topological polar surface area (TPSA) is 48.4 Å². The van der Waals surface area contributed by atoms with E-state index in [1.807, 2.05) is 0 Å². The number of aromatic nitrogens is 1. The fourth-order valence-corrected chi connectivity index (χ4v) is 0.830. The number of carbonyl (C=O) groups is 1. The van der Waals surface area contributed by atoms with E-state index in [-0.39, 0.29) is 11.6 Å². The van der Waals surface area contributed by atoms with Gasteiger partial charge in [0.15, 0.2) is 0 Å². The van der Waals surface area contributed by atoms with Gasteiger partial charge in [0.25, 0.3) is 5.95 Å². The third-order valence-electron chi connectivity index (χ3n) is 1.39. The van der Waals surface area contributed by atoms with Gasteiger partial charge in [-0.15, -0.1) is 0 Å². The van der Waals surface area contributed by atoms with Crippen LogP contribution in [0.25, 0.3) is 0 Å². The maximum Gasteiger partial charge on any atom is 0.364 e. The van der Waals surface area contributed by atoms with Crippen LogP contribution in [0.3, 0.4) is 0 Å². The third kappa shape index (κ3) is 2.90. The number of pyridine rings is 1. The van der Waals surface area contributed by atoms with Gasteiger partial charge in [0.05, 0.1) is 6.61 Å². The van der Waals surface area contributed by atoms with E-state index < -0.39 is 5.97 Å². The van der Waals surface area contributed by atoms with Crippen molar-refractivity contribution in [2.75, 3.05) is 6.61 Å². The van der Waals surface area contributed by atoms with Crippen LogP contribution in [0.4, 0.5) is 0 Å². The van der Waals surface area contributed by atoms with Crippen LogP contribution in [0.2, 0.25) is 0 Å². The van der Waals surface area contributed by atoms with Crippen LogP contribution in [0, 0.1) is 0 Å². The van der Waals surface area contributed by atoms with Crippen molar-refractivity contribution in [3.8, 4) is 0 Å². The largest absolute Gasteiger partial charge is 0.466 e. The normalized spacial score (nSPS) is 9.21. The van der Waals surface area contributed by atoms with Crippen LogP contribution < -0.4 is 0 Å². The van der Waals surface area contributed by atoms with Crippen LogP contribution in [0.5, 0.6) is 0 Å². The minimum absolute atomic E-state index is 0.0110. The maximum absolute atomic E-state index is 11.3. The van der Waals surface area contributed by atoms with Gasteiger partial charge in [-0.1, -0.05) is 6.07 Å². The van der Waals surface area contributed by atoms with Gasteiger partial charge < -0.3 is 9.47 Å². The molecule has 0 amide bonds. The number of nitrogens with zero attached hydrogens (tertiary/aromatic N) is 1. The second-order valence-electron chi connectivity index (χ2n) is 2.41. The number of carbonyl (C=O) groups excluding carboxylic acids is 1. The molecule has 0 aliphatic heterocycles. The molecule has 1 aromatic heterocycles. The molecule has 0 atom stereocenters. The van der Waals surface area contributed by atoms with Gasteiger partial charge in [-0.2, -0.15) is 0 Å². The minimum Gasteiger partial charge on any atom is -0.466 e. The second kappa shape index (κ2) is 5.01. The summed E-state index contributed by atoms with van der Waals surface area (Å²) in [5, 5.41) is 0. The summed E-state index contributed by atoms with van der Waals surface area (Å²) < 4.78 is 9.63. The number of esters is 1. The highest BCUT2D eigenvalue weighted by Crippen LogP contribution is 2.02. The molecular formula is C10H11NO3. The van der Waals surface area contributed by atoms with Crippen molar-refractivity contribution in [2.24, 2.45) is 0 Å². The van der Waals surface area contributed by atoms with Crippen LogP contribution in [-0.4, -0.2) is 17.6 Å². The van der Waals surface area contributed by atoms with Gasteiger partial charge in [0, 0.05) is 6.20 Å². The fourth-order valence-electron chi connectivity index (χ4n) is 0.830. The molecule has 0 bridgehead atoms. The molecule has 0 spiro atoms. The summed E-state index contributed by atoms with van der Waals surface area (Å²) in [4.78, 5) is 15.1. The molecule has 0 aliphatic rings. The Balaban J connectivity index is 2.55. The number of ether oxygens (including phenoxy) is 2. The summed E-state index contributed by atoms with van der Waals surface area (Å²) in [6.07, 6.45) is 1.51. The summed E-state index contributed by atoms with van der Waals surface area (Å²) in [6, 6.07) is 4.97. The van der Waals surface area contributed by atoms with Crippen molar-refractivity contribution in [2.45, 2.75) is 6.92 Å². The van der Waals surface area contributed by atoms with E-state index in [1.165, 1.54) is 6.20 Å². The van der Waals surface area contributed by atoms with Crippen LogP contribution in [-0.2, 0) is 9.47 Å². The molecule has 74 valence electrons. The third-order valence-corrected chi connectivity index (χ3v) is 1.39. The van der Waals surface area contributed by atoms with E-state index in [1.54, 1.807) is 25.1 Å². The van der Waals surface area contributed by atoms with Crippen molar-refractivity contribution < 1.29 is 14.3 Å². The lowest BCUT2D eigenvalue weighted by molar-refractivity contribution is 0.0286. The van der Waals surface area contributed by atoms with Crippen LogP contribution in [0.15, 0.2) is 36.9 Å². The lowest BCUT2D eigenvalue weighted by Crippen LogP contribution is -2.08. The molecule has 0 aliphatic carbocycles. The average molecular weight is 193 g/mol. The molecule has 4 heteroatoms. The first-order valence-electron chi connectivity index (χ1n) is 4.19. The molecule has 0 N–H and O–H groups in total. The first-order chi connectivity index (χ1) is 6.74. The molecule has 0 radical (unpaired) electrons. The Kier molecular flexibility index (Phi) is 3.67. The lowest BCUT2D eigenvalue weighted by Gasteiger charge is -2.05. The predicted octanol–water partition coefficient (Wildman–Crippen LogP) is 1.75. The number of hydrogen-bond acceptors (Lipinski definition) is 4.